The second-order valence-corrected chi connectivity index (χ2v) is 8.43. The Kier molecular flexibility index (Phi) is 5.14. The van der Waals surface area contributed by atoms with Crippen LogP contribution in [-0.4, -0.2) is 17.3 Å². The number of nitrogens with zero attached hydrogens (tertiary/aromatic N) is 2. The number of hydrogen-bond acceptors (Lipinski definition) is 4. The molecule has 5 rings (SSSR count). The molecule has 4 heteroatoms. The van der Waals surface area contributed by atoms with E-state index >= 15 is 0 Å². The van der Waals surface area contributed by atoms with E-state index in [0.29, 0.717) is 12.5 Å². The summed E-state index contributed by atoms with van der Waals surface area (Å²) in [5, 5.41) is 7.19. The first-order valence-electron chi connectivity index (χ1n) is 11.1. The summed E-state index contributed by atoms with van der Waals surface area (Å²) < 4.78 is 12.1. The van der Waals surface area contributed by atoms with Crippen LogP contribution >= 0.6 is 0 Å². The van der Waals surface area contributed by atoms with Crippen LogP contribution in [-0.2, 0) is 0 Å². The summed E-state index contributed by atoms with van der Waals surface area (Å²) in [5.74, 6) is 2.34. The predicted octanol–water partition coefficient (Wildman–Crippen LogP) is 6.45. The van der Waals surface area contributed by atoms with Crippen molar-refractivity contribution in [3.8, 4) is 11.5 Å². The molecule has 2 aliphatic heterocycles. The fourth-order valence-electron chi connectivity index (χ4n) is 4.38. The fraction of sp³-hybridized carbons (Fsp3) is 0.296. The second-order valence-electron chi connectivity index (χ2n) is 8.43. The Hall–Kier alpha value is -3.27. The highest BCUT2D eigenvalue weighted by molar-refractivity contribution is 6.02. The van der Waals surface area contributed by atoms with Gasteiger partial charge in [0.1, 0.15) is 11.5 Å². The van der Waals surface area contributed by atoms with E-state index in [2.05, 4.69) is 73.5 Å². The minimum Gasteiger partial charge on any atom is -0.494 e. The summed E-state index contributed by atoms with van der Waals surface area (Å²) in [6, 6.07) is 25.5. The molecule has 3 aromatic rings. The Bertz CT molecular complexity index is 1090. The van der Waals surface area contributed by atoms with Gasteiger partial charge in [-0.05, 0) is 54.3 Å². The van der Waals surface area contributed by atoms with Crippen molar-refractivity contribution in [1.29, 1.82) is 0 Å². The van der Waals surface area contributed by atoms with Crippen LogP contribution in [0.1, 0.15) is 67.6 Å². The van der Waals surface area contributed by atoms with Crippen molar-refractivity contribution in [3.05, 3.63) is 95.1 Å². The fourth-order valence-corrected chi connectivity index (χ4v) is 4.38. The summed E-state index contributed by atoms with van der Waals surface area (Å²) >= 11 is 0. The molecule has 0 aromatic heterocycles. The van der Waals surface area contributed by atoms with E-state index in [1.807, 2.05) is 25.1 Å². The molecule has 0 radical (unpaired) electrons. The number of benzene rings is 3. The van der Waals surface area contributed by atoms with E-state index in [0.717, 1.165) is 34.8 Å². The number of hydrogen-bond donors (Lipinski definition) is 0. The first-order valence-corrected chi connectivity index (χ1v) is 11.1. The number of fused-ring (bicyclic) bond motifs is 3. The monoisotopic (exact) mass is 412 g/mol. The minimum atomic E-state index is -0.235. The van der Waals surface area contributed by atoms with Crippen LogP contribution in [0.3, 0.4) is 0 Å². The quantitative estimate of drug-likeness (QED) is 0.483. The average molecular weight is 413 g/mol. The molecule has 31 heavy (non-hydrogen) atoms. The molecule has 0 aliphatic carbocycles. The summed E-state index contributed by atoms with van der Waals surface area (Å²) in [7, 11) is 0. The van der Waals surface area contributed by atoms with Crippen LogP contribution < -0.4 is 9.47 Å². The van der Waals surface area contributed by atoms with Gasteiger partial charge in [0.25, 0.3) is 0 Å². The van der Waals surface area contributed by atoms with E-state index in [4.69, 9.17) is 14.6 Å². The SMILES string of the molecule is CCOc1ccc(C2=NN3[C@@H](c4ccc(C(C)C)cc4)Oc4ccccc4[C@@H]3C2)cc1. The molecule has 0 fully saturated rings. The topological polar surface area (TPSA) is 34.1 Å². The van der Waals surface area contributed by atoms with Gasteiger partial charge in [0.15, 0.2) is 0 Å². The molecule has 0 spiro atoms. The molecule has 0 amide bonds. The van der Waals surface area contributed by atoms with Gasteiger partial charge in [-0.25, -0.2) is 5.01 Å². The summed E-state index contributed by atoms with van der Waals surface area (Å²) in [4.78, 5) is 0. The normalized spacial score (nSPS) is 19.5. The Morgan fingerprint density at radius 2 is 1.74 bits per heavy atom. The maximum atomic E-state index is 6.47. The van der Waals surface area contributed by atoms with E-state index in [-0.39, 0.29) is 12.3 Å². The Labute approximate surface area is 184 Å². The van der Waals surface area contributed by atoms with Crippen LogP contribution in [0.5, 0.6) is 11.5 Å². The third-order valence-electron chi connectivity index (χ3n) is 6.09. The average Bonchev–Trinajstić information content (AvgIpc) is 3.25. The lowest BCUT2D eigenvalue weighted by Crippen LogP contribution is -2.33. The maximum Gasteiger partial charge on any atom is 0.213 e. The highest BCUT2D eigenvalue weighted by atomic mass is 16.5. The predicted molar refractivity (Wildman–Crippen MR) is 124 cm³/mol. The van der Waals surface area contributed by atoms with Crippen molar-refractivity contribution in [2.24, 2.45) is 5.10 Å². The lowest BCUT2D eigenvalue weighted by molar-refractivity contribution is -0.0190. The van der Waals surface area contributed by atoms with Crippen LogP contribution in [0.15, 0.2) is 77.9 Å². The number of ether oxygens (including phenoxy) is 2. The number of hydrazone groups is 1. The molecule has 3 aromatic carbocycles. The summed E-state index contributed by atoms with van der Waals surface area (Å²) in [6.07, 6.45) is 0.621. The lowest BCUT2D eigenvalue weighted by Gasteiger charge is -2.38. The third kappa shape index (κ3) is 3.67. The van der Waals surface area contributed by atoms with Gasteiger partial charge < -0.3 is 9.47 Å². The van der Waals surface area contributed by atoms with Crippen molar-refractivity contribution in [1.82, 2.24) is 5.01 Å². The van der Waals surface area contributed by atoms with Gasteiger partial charge >= 0.3 is 0 Å². The molecule has 2 aliphatic rings. The number of rotatable bonds is 5. The minimum absolute atomic E-state index is 0.168. The Balaban J connectivity index is 1.51. The standard InChI is InChI=1S/C27H28N2O2/c1-4-30-22-15-13-20(14-16-22)24-17-25-23-7-5-6-8-26(23)31-27(29(25)28-24)21-11-9-19(10-12-21)18(2)3/h5-16,18,25,27H,4,17H2,1-3H3/t25-,27+/m0/s1. The molecule has 0 unspecified atom stereocenters. The number of para-hydroxylation sites is 1. The largest absolute Gasteiger partial charge is 0.494 e. The van der Waals surface area contributed by atoms with E-state index in [9.17, 15) is 0 Å². The molecular weight excluding hydrogens is 384 g/mol. The molecule has 158 valence electrons. The van der Waals surface area contributed by atoms with Gasteiger partial charge in [0.05, 0.1) is 18.4 Å². The van der Waals surface area contributed by atoms with Gasteiger partial charge in [0.2, 0.25) is 6.23 Å². The zero-order chi connectivity index (χ0) is 21.4. The zero-order valence-corrected chi connectivity index (χ0v) is 18.3. The molecule has 2 heterocycles. The highest BCUT2D eigenvalue weighted by Gasteiger charge is 2.40. The summed E-state index contributed by atoms with van der Waals surface area (Å²) in [5.41, 5.74) is 5.86. The van der Waals surface area contributed by atoms with Crippen molar-refractivity contribution >= 4 is 5.71 Å². The lowest BCUT2D eigenvalue weighted by atomic mass is 9.95. The Morgan fingerprint density at radius 3 is 2.45 bits per heavy atom. The molecule has 0 saturated carbocycles. The molecular formula is C27H28N2O2. The van der Waals surface area contributed by atoms with E-state index in [1.54, 1.807) is 0 Å². The smallest absolute Gasteiger partial charge is 0.213 e. The molecule has 2 atom stereocenters. The van der Waals surface area contributed by atoms with E-state index < -0.39 is 0 Å². The first-order chi connectivity index (χ1) is 15.1. The third-order valence-corrected chi connectivity index (χ3v) is 6.09. The van der Waals surface area contributed by atoms with Gasteiger partial charge in [0, 0.05) is 17.5 Å². The Morgan fingerprint density at radius 1 is 1.00 bits per heavy atom. The highest BCUT2D eigenvalue weighted by Crippen LogP contribution is 2.47. The molecule has 0 N–H and O–H groups in total. The van der Waals surface area contributed by atoms with Crippen molar-refractivity contribution in [3.63, 3.8) is 0 Å². The zero-order valence-electron chi connectivity index (χ0n) is 18.3. The van der Waals surface area contributed by atoms with Crippen LogP contribution in [0, 0.1) is 0 Å². The van der Waals surface area contributed by atoms with E-state index in [1.165, 1.54) is 11.1 Å². The van der Waals surface area contributed by atoms with Crippen LogP contribution in [0.4, 0.5) is 0 Å². The van der Waals surface area contributed by atoms with Crippen molar-refractivity contribution in [2.75, 3.05) is 6.61 Å². The first kappa shape index (κ1) is 19.7. The molecule has 0 saturated heterocycles. The second kappa shape index (κ2) is 8.10. The van der Waals surface area contributed by atoms with Crippen molar-refractivity contribution < 1.29 is 9.47 Å². The molecule has 4 nitrogen and oxygen atoms in total. The summed E-state index contributed by atoms with van der Waals surface area (Å²) in [6.45, 7) is 7.10. The van der Waals surface area contributed by atoms with Gasteiger partial charge in [-0.1, -0.05) is 56.3 Å². The van der Waals surface area contributed by atoms with Crippen molar-refractivity contribution in [2.45, 2.75) is 45.4 Å². The van der Waals surface area contributed by atoms with Crippen LogP contribution in [0.25, 0.3) is 0 Å². The van der Waals surface area contributed by atoms with Crippen LogP contribution in [0.2, 0.25) is 0 Å². The van der Waals surface area contributed by atoms with Gasteiger partial charge in [-0.2, -0.15) is 5.10 Å². The molecule has 0 bridgehead atoms. The van der Waals surface area contributed by atoms with Gasteiger partial charge in [-0.3, -0.25) is 0 Å². The van der Waals surface area contributed by atoms with Gasteiger partial charge in [-0.15, -0.1) is 0 Å². The maximum absolute atomic E-state index is 6.47.